The van der Waals surface area contributed by atoms with E-state index in [-0.39, 0.29) is 23.8 Å². The van der Waals surface area contributed by atoms with Crippen molar-refractivity contribution >= 4 is 17.9 Å². The molecule has 1 aromatic carbocycles. The Morgan fingerprint density at radius 2 is 2.09 bits per heavy atom. The molecule has 0 aromatic heterocycles. The lowest BCUT2D eigenvalue weighted by Crippen LogP contribution is -2.47. The molecule has 0 unspecified atom stereocenters. The van der Waals surface area contributed by atoms with E-state index in [2.05, 4.69) is 5.32 Å². The lowest BCUT2D eigenvalue weighted by atomic mass is 9.91. The van der Waals surface area contributed by atoms with Crippen molar-refractivity contribution in [1.29, 1.82) is 0 Å². The highest BCUT2D eigenvalue weighted by atomic mass is 16.5. The maximum Gasteiger partial charge on any atom is 0.246 e. The average Bonchev–Trinajstić information content (AvgIpc) is 2.60. The standard InChI is InChI=1S/C18H24N2O3/c1-19-17(21)12-15-13-20(11-10-16(15)23-2)18(22)9-8-14-6-4-3-5-7-14/h3-9,15-16H,10-13H2,1-2H3,(H,19,21)/b9-8+/t15-,16-/m1/s1. The molecule has 23 heavy (non-hydrogen) atoms. The number of nitrogens with one attached hydrogen (secondary N) is 1. The van der Waals surface area contributed by atoms with Crippen molar-refractivity contribution in [2.24, 2.45) is 5.92 Å². The number of carbonyl (C=O) groups excluding carboxylic acids is 2. The smallest absolute Gasteiger partial charge is 0.246 e. The molecule has 0 saturated carbocycles. The third-order valence-corrected chi connectivity index (χ3v) is 4.22. The first-order valence-electron chi connectivity index (χ1n) is 7.89. The van der Waals surface area contributed by atoms with Crippen molar-refractivity contribution in [3.05, 3.63) is 42.0 Å². The van der Waals surface area contributed by atoms with Crippen LogP contribution in [0.25, 0.3) is 6.08 Å². The van der Waals surface area contributed by atoms with Crippen molar-refractivity contribution < 1.29 is 14.3 Å². The van der Waals surface area contributed by atoms with Gasteiger partial charge in [-0.1, -0.05) is 30.3 Å². The number of methoxy groups -OCH3 is 1. The largest absolute Gasteiger partial charge is 0.381 e. The Balaban J connectivity index is 1.98. The van der Waals surface area contributed by atoms with Crippen LogP contribution in [0.1, 0.15) is 18.4 Å². The van der Waals surface area contributed by atoms with E-state index in [0.717, 1.165) is 12.0 Å². The van der Waals surface area contributed by atoms with Gasteiger partial charge < -0.3 is 15.0 Å². The number of benzene rings is 1. The van der Waals surface area contributed by atoms with Crippen molar-refractivity contribution in [2.75, 3.05) is 27.2 Å². The molecule has 2 rings (SSSR count). The molecule has 2 atom stereocenters. The van der Waals surface area contributed by atoms with Gasteiger partial charge in [-0.3, -0.25) is 9.59 Å². The summed E-state index contributed by atoms with van der Waals surface area (Å²) in [4.78, 5) is 25.8. The molecule has 0 aliphatic carbocycles. The summed E-state index contributed by atoms with van der Waals surface area (Å²) in [6.07, 6.45) is 4.57. The molecule has 1 saturated heterocycles. The van der Waals surface area contributed by atoms with Crippen molar-refractivity contribution in [3.8, 4) is 0 Å². The first-order valence-corrected chi connectivity index (χ1v) is 7.89. The molecule has 124 valence electrons. The number of nitrogens with zero attached hydrogens (tertiary/aromatic N) is 1. The molecule has 2 amide bonds. The lowest BCUT2D eigenvalue weighted by molar-refractivity contribution is -0.133. The Bertz CT molecular complexity index is 557. The Hall–Kier alpha value is -2.14. The number of hydrogen-bond donors (Lipinski definition) is 1. The van der Waals surface area contributed by atoms with Crippen LogP contribution in [0.3, 0.4) is 0 Å². The fraction of sp³-hybridized carbons (Fsp3) is 0.444. The second kappa shape index (κ2) is 8.48. The zero-order valence-electron chi connectivity index (χ0n) is 13.7. The van der Waals surface area contributed by atoms with Crippen LogP contribution in [0, 0.1) is 5.92 Å². The highest BCUT2D eigenvalue weighted by Crippen LogP contribution is 2.23. The molecule has 1 heterocycles. The highest BCUT2D eigenvalue weighted by Gasteiger charge is 2.32. The molecule has 1 aromatic rings. The monoisotopic (exact) mass is 316 g/mol. The first-order chi connectivity index (χ1) is 11.1. The van der Waals surface area contributed by atoms with Crippen molar-refractivity contribution in [3.63, 3.8) is 0 Å². The fourth-order valence-electron chi connectivity index (χ4n) is 2.89. The third kappa shape index (κ3) is 4.93. The van der Waals surface area contributed by atoms with Crippen molar-refractivity contribution in [1.82, 2.24) is 10.2 Å². The number of ether oxygens (including phenoxy) is 1. The summed E-state index contributed by atoms with van der Waals surface area (Å²) >= 11 is 0. The van der Waals surface area contributed by atoms with Gasteiger partial charge in [0.2, 0.25) is 11.8 Å². The fourth-order valence-corrected chi connectivity index (χ4v) is 2.89. The van der Waals surface area contributed by atoms with Crippen LogP contribution in [-0.2, 0) is 14.3 Å². The maximum atomic E-state index is 12.4. The SMILES string of the molecule is CNC(=O)C[C@@H]1CN(C(=O)/C=C/c2ccccc2)CC[C@H]1OC. The average molecular weight is 316 g/mol. The number of rotatable bonds is 5. The van der Waals surface area contributed by atoms with Gasteiger partial charge in [-0.25, -0.2) is 0 Å². The molecule has 0 radical (unpaired) electrons. The van der Waals surface area contributed by atoms with Gasteiger partial charge in [0.1, 0.15) is 0 Å². The molecular weight excluding hydrogens is 292 g/mol. The zero-order chi connectivity index (χ0) is 16.7. The zero-order valence-corrected chi connectivity index (χ0v) is 13.7. The molecule has 5 nitrogen and oxygen atoms in total. The van der Waals surface area contributed by atoms with Gasteiger partial charge in [0.15, 0.2) is 0 Å². The molecule has 1 aliphatic heterocycles. The summed E-state index contributed by atoms with van der Waals surface area (Å²) in [7, 11) is 3.28. The van der Waals surface area contributed by atoms with Gasteiger partial charge in [-0.05, 0) is 18.1 Å². The van der Waals surface area contributed by atoms with Crippen LogP contribution in [0.4, 0.5) is 0 Å². The van der Waals surface area contributed by atoms with E-state index in [1.807, 2.05) is 36.4 Å². The first kappa shape index (κ1) is 17.2. The van der Waals surface area contributed by atoms with E-state index in [9.17, 15) is 9.59 Å². The Morgan fingerprint density at radius 1 is 1.35 bits per heavy atom. The molecule has 1 fully saturated rings. The van der Waals surface area contributed by atoms with Gasteiger partial charge in [-0.15, -0.1) is 0 Å². The van der Waals surface area contributed by atoms with Crippen LogP contribution >= 0.6 is 0 Å². The van der Waals surface area contributed by atoms with Gasteiger partial charge in [0.25, 0.3) is 0 Å². The Labute approximate surface area is 137 Å². The van der Waals surface area contributed by atoms with Gasteiger partial charge in [0, 0.05) is 45.7 Å². The minimum Gasteiger partial charge on any atom is -0.381 e. The highest BCUT2D eigenvalue weighted by molar-refractivity contribution is 5.91. The number of carbonyl (C=O) groups is 2. The maximum absolute atomic E-state index is 12.4. The van der Waals surface area contributed by atoms with E-state index in [4.69, 9.17) is 4.74 Å². The number of hydrogen-bond acceptors (Lipinski definition) is 3. The van der Waals surface area contributed by atoms with E-state index < -0.39 is 0 Å². The third-order valence-electron chi connectivity index (χ3n) is 4.22. The summed E-state index contributed by atoms with van der Waals surface area (Å²) in [6.45, 7) is 1.20. The van der Waals surface area contributed by atoms with E-state index in [0.29, 0.717) is 19.5 Å². The van der Waals surface area contributed by atoms with Crippen LogP contribution in [0.15, 0.2) is 36.4 Å². The minimum atomic E-state index is -0.0229. The van der Waals surface area contributed by atoms with E-state index in [1.54, 1.807) is 25.1 Å². The molecule has 0 bridgehead atoms. The van der Waals surface area contributed by atoms with Gasteiger partial charge >= 0.3 is 0 Å². The molecule has 5 heteroatoms. The van der Waals surface area contributed by atoms with E-state index in [1.165, 1.54) is 0 Å². The predicted molar refractivity (Wildman–Crippen MR) is 89.6 cm³/mol. The summed E-state index contributed by atoms with van der Waals surface area (Å²) in [5.74, 6) is -0.0146. The molecule has 1 aliphatic rings. The molecule has 1 N–H and O–H groups in total. The topological polar surface area (TPSA) is 58.6 Å². The van der Waals surface area contributed by atoms with Crippen LogP contribution in [-0.4, -0.2) is 50.1 Å². The summed E-state index contributed by atoms with van der Waals surface area (Å²) < 4.78 is 5.47. The number of amides is 2. The van der Waals surface area contributed by atoms with E-state index >= 15 is 0 Å². The molecular formula is C18H24N2O3. The second-order valence-electron chi connectivity index (χ2n) is 5.73. The summed E-state index contributed by atoms with van der Waals surface area (Å²) in [6, 6.07) is 9.73. The minimum absolute atomic E-state index is 0.0221. The lowest BCUT2D eigenvalue weighted by Gasteiger charge is -2.37. The van der Waals surface area contributed by atoms with Crippen molar-refractivity contribution in [2.45, 2.75) is 18.9 Å². The van der Waals surface area contributed by atoms with Crippen LogP contribution in [0.2, 0.25) is 0 Å². The number of piperidine rings is 1. The Kier molecular flexibility index (Phi) is 6.35. The summed E-state index contributed by atoms with van der Waals surface area (Å²) in [5.41, 5.74) is 0.995. The van der Waals surface area contributed by atoms with Gasteiger partial charge in [0.05, 0.1) is 6.10 Å². The normalized spacial score (nSPS) is 21.4. The number of likely N-dealkylation sites (tertiary alicyclic amines) is 1. The van der Waals surface area contributed by atoms with Crippen LogP contribution < -0.4 is 5.32 Å². The van der Waals surface area contributed by atoms with Gasteiger partial charge in [-0.2, -0.15) is 0 Å². The summed E-state index contributed by atoms with van der Waals surface area (Å²) in [5, 5.41) is 2.64. The Morgan fingerprint density at radius 3 is 2.74 bits per heavy atom. The second-order valence-corrected chi connectivity index (χ2v) is 5.73. The quantitative estimate of drug-likeness (QED) is 0.841. The molecule has 0 spiro atoms. The van der Waals surface area contributed by atoms with Crippen LogP contribution in [0.5, 0.6) is 0 Å². The predicted octanol–water partition coefficient (Wildman–Crippen LogP) is 1.70.